The Hall–Kier alpha value is -2.52. The molecule has 1 fully saturated rings. The molecule has 29 heavy (non-hydrogen) atoms. The topological polar surface area (TPSA) is 105 Å². The fraction of sp³-hybridized carbons (Fsp3) is 0.200. The molecule has 2 aromatic carbocycles. The van der Waals surface area contributed by atoms with Crippen LogP contribution in [0.5, 0.6) is 5.75 Å². The van der Waals surface area contributed by atoms with Crippen LogP contribution in [0.1, 0.15) is 40.2 Å². The van der Waals surface area contributed by atoms with Gasteiger partial charge in [-0.3, -0.25) is 4.98 Å². The molecule has 2 N–H and O–H groups in total. The van der Waals surface area contributed by atoms with E-state index in [1.54, 1.807) is 18.2 Å². The Morgan fingerprint density at radius 1 is 1.28 bits per heavy atom. The van der Waals surface area contributed by atoms with Crippen LogP contribution in [-0.2, 0) is 15.6 Å². The van der Waals surface area contributed by atoms with Crippen LogP contribution in [0, 0.1) is 5.82 Å². The van der Waals surface area contributed by atoms with E-state index in [1.807, 2.05) is 0 Å². The second-order valence-electron chi connectivity index (χ2n) is 6.98. The molecule has 3 aromatic rings. The highest BCUT2D eigenvalue weighted by Gasteiger charge is 2.33. The third-order valence-corrected chi connectivity index (χ3v) is 7.02. The van der Waals surface area contributed by atoms with E-state index in [4.69, 9.17) is 0 Å². The molecular weight excluding hydrogens is 465 g/mol. The van der Waals surface area contributed by atoms with Crippen molar-refractivity contribution >= 4 is 42.6 Å². The number of pyridine rings is 1. The molecular formula is C20H15BrFNO5S. The summed E-state index contributed by atoms with van der Waals surface area (Å²) in [4.78, 5) is 15.6. The minimum Gasteiger partial charge on any atom is -0.507 e. The first-order chi connectivity index (χ1) is 13.7. The largest absolute Gasteiger partial charge is 0.507 e. The maximum absolute atomic E-state index is 14.6. The Kier molecular flexibility index (Phi) is 4.82. The van der Waals surface area contributed by atoms with Gasteiger partial charge in [-0.2, -0.15) is 0 Å². The number of fused-ring (bicyclic) bond motifs is 1. The zero-order chi connectivity index (χ0) is 20.9. The first kappa shape index (κ1) is 19.8. The van der Waals surface area contributed by atoms with Crippen molar-refractivity contribution in [1.29, 1.82) is 0 Å². The molecule has 9 heteroatoms. The standard InChI is InChI=1S/C20H15BrFNO5S/c21-13-6-11-2-1-5-23-18(11)15(8-13)29(27,28)9-12-7-14(10-3-4-10)17(22)16(19(12)24)20(25)26/h1-2,5-8,10,24H,3-4,9H2,(H,25,26). The molecule has 0 bridgehead atoms. The first-order valence-corrected chi connectivity index (χ1v) is 11.2. The maximum atomic E-state index is 14.6. The van der Waals surface area contributed by atoms with Crippen molar-refractivity contribution in [2.24, 2.45) is 0 Å². The summed E-state index contributed by atoms with van der Waals surface area (Å²) in [6, 6.07) is 7.79. The summed E-state index contributed by atoms with van der Waals surface area (Å²) in [7, 11) is -4.03. The van der Waals surface area contributed by atoms with Gasteiger partial charge < -0.3 is 10.2 Å². The number of nitrogens with zero attached hydrogens (tertiary/aromatic N) is 1. The Morgan fingerprint density at radius 2 is 2.00 bits per heavy atom. The van der Waals surface area contributed by atoms with E-state index in [9.17, 15) is 27.8 Å². The van der Waals surface area contributed by atoms with Gasteiger partial charge in [0, 0.05) is 21.6 Å². The molecule has 1 aliphatic rings. The fourth-order valence-corrected chi connectivity index (χ4v) is 5.55. The van der Waals surface area contributed by atoms with Crippen LogP contribution in [0.4, 0.5) is 4.39 Å². The van der Waals surface area contributed by atoms with Gasteiger partial charge in [0.1, 0.15) is 17.1 Å². The summed E-state index contributed by atoms with van der Waals surface area (Å²) in [5.41, 5.74) is -0.646. The minimum atomic E-state index is -4.03. The third kappa shape index (κ3) is 3.60. The number of aromatic nitrogens is 1. The van der Waals surface area contributed by atoms with Crippen LogP contribution < -0.4 is 0 Å². The van der Waals surface area contributed by atoms with Crippen molar-refractivity contribution in [3.8, 4) is 5.75 Å². The molecule has 1 aliphatic carbocycles. The number of halogens is 2. The summed E-state index contributed by atoms with van der Waals surface area (Å²) >= 11 is 3.29. The van der Waals surface area contributed by atoms with Gasteiger partial charge in [0.15, 0.2) is 9.84 Å². The van der Waals surface area contributed by atoms with Crippen molar-refractivity contribution in [3.05, 3.63) is 63.5 Å². The molecule has 1 heterocycles. The van der Waals surface area contributed by atoms with E-state index < -0.39 is 38.7 Å². The second-order valence-corrected chi connectivity index (χ2v) is 9.85. The lowest BCUT2D eigenvalue weighted by atomic mass is 10.0. The van der Waals surface area contributed by atoms with Crippen LogP contribution in [0.2, 0.25) is 0 Å². The van der Waals surface area contributed by atoms with Gasteiger partial charge in [-0.25, -0.2) is 17.6 Å². The molecule has 0 saturated heterocycles. The van der Waals surface area contributed by atoms with E-state index in [2.05, 4.69) is 20.9 Å². The summed E-state index contributed by atoms with van der Waals surface area (Å²) < 4.78 is 41.4. The number of aromatic carboxylic acids is 1. The van der Waals surface area contributed by atoms with Crippen LogP contribution in [0.15, 0.2) is 45.9 Å². The Morgan fingerprint density at radius 3 is 2.66 bits per heavy atom. The second kappa shape index (κ2) is 7.07. The smallest absolute Gasteiger partial charge is 0.342 e. The molecule has 1 saturated carbocycles. The molecule has 0 radical (unpaired) electrons. The SMILES string of the molecule is O=C(O)c1c(O)c(CS(=O)(=O)c2cc(Br)cc3cccnc23)cc(C2CC2)c1F. The predicted octanol–water partition coefficient (Wildman–Crippen LogP) is 4.39. The van der Waals surface area contributed by atoms with Crippen molar-refractivity contribution < 1.29 is 27.8 Å². The average molecular weight is 480 g/mol. The van der Waals surface area contributed by atoms with Gasteiger partial charge in [-0.1, -0.05) is 22.0 Å². The average Bonchev–Trinajstić information content (AvgIpc) is 3.48. The van der Waals surface area contributed by atoms with E-state index in [0.717, 1.165) is 0 Å². The van der Waals surface area contributed by atoms with Crippen molar-refractivity contribution in [2.45, 2.75) is 29.4 Å². The third-order valence-electron chi connectivity index (χ3n) is 4.89. The molecule has 0 atom stereocenters. The highest BCUT2D eigenvalue weighted by molar-refractivity contribution is 9.10. The number of phenols is 1. The van der Waals surface area contributed by atoms with Crippen LogP contribution in [0.25, 0.3) is 10.9 Å². The molecule has 0 aliphatic heterocycles. The number of hydrogen-bond acceptors (Lipinski definition) is 5. The molecule has 0 spiro atoms. The minimum absolute atomic E-state index is 0.0592. The van der Waals surface area contributed by atoms with E-state index >= 15 is 0 Å². The van der Waals surface area contributed by atoms with Crippen LogP contribution in [-0.4, -0.2) is 29.6 Å². The molecule has 150 valence electrons. The Balaban J connectivity index is 1.87. The molecule has 0 amide bonds. The zero-order valence-corrected chi connectivity index (χ0v) is 17.3. The normalized spacial score (nSPS) is 14.3. The highest BCUT2D eigenvalue weighted by atomic mass is 79.9. The number of carboxylic acids is 1. The van der Waals surface area contributed by atoms with Crippen LogP contribution in [0.3, 0.4) is 0 Å². The monoisotopic (exact) mass is 479 g/mol. The lowest BCUT2D eigenvalue weighted by Crippen LogP contribution is -2.11. The number of rotatable bonds is 5. The summed E-state index contributed by atoms with van der Waals surface area (Å²) in [5, 5.41) is 20.3. The quantitative estimate of drug-likeness (QED) is 0.562. The van der Waals surface area contributed by atoms with E-state index in [0.29, 0.717) is 22.7 Å². The lowest BCUT2D eigenvalue weighted by molar-refractivity contribution is 0.0688. The number of carbonyl (C=O) groups is 1. The van der Waals surface area contributed by atoms with Gasteiger partial charge in [0.2, 0.25) is 0 Å². The first-order valence-electron chi connectivity index (χ1n) is 8.73. The van der Waals surface area contributed by atoms with Gasteiger partial charge in [-0.15, -0.1) is 0 Å². The van der Waals surface area contributed by atoms with Crippen LogP contribution >= 0.6 is 15.9 Å². The Labute approximate surface area is 174 Å². The molecule has 1 aromatic heterocycles. The highest BCUT2D eigenvalue weighted by Crippen LogP contribution is 2.44. The number of benzene rings is 2. The molecule has 6 nitrogen and oxygen atoms in total. The number of aromatic hydroxyl groups is 1. The van der Waals surface area contributed by atoms with E-state index in [1.165, 1.54) is 18.3 Å². The van der Waals surface area contributed by atoms with E-state index in [-0.39, 0.29) is 27.5 Å². The number of hydrogen-bond donors (Lipinski definition) is 2. The predicted molar refractivity (Wildman–Crippen MR) is 107 cm³/mol. The summed E-state index contributed by atoms with van der Waals surface area (Å²) in [6.07, 6.45) is 2.85. The zero-order valence-electron chi connectivity index (χ0n) is 14.9. The van der Waals surface area contributed by atoms with Gasteiger partial charge >= 0.3 is 5.97 Å². The lowest BCUT2D eigenvalue weighted by Gasteiger charge is -2.14. The Bertz CT molecular complexity index is 1270. The van der Waals surface area contributed by atoms with Gasteiger partial charge in [-0.05, 0) is 48.6 Å². The van der Waals surface area contributed by atoms with Crippen molar-refractivity contribution in [1.82, 2.24) is 4.98 Å². The fourth-order valence-electron chi connectivity index (χ4n) is 3.37. The molecule has 0 unspecified atom stereocenters. The number of carboxylic acid groups (broad SMARTS) is 1. The van der Waals surface area contributed by atoms with Crippen molar-refractivity contribution in [2.75, 3.05) is 0 Å². The maximum Gasteiger partial charge on any atom is 0.342 e. The number of sulfone groups is 1. The van der Waals surface area contributed by atoms with Crippen molar-refractivity contribution in [3.63, 3.8) is 0 Å². The van der Waals surface area contributed by atoms with Gasteiger partial charge in [0.05, 0.1) is 16.2 Å². The summed E-state index contributed by atoms with van der Waals surface area (Å²) in [6.45, 7) is 0. The van der Waals surface area contributed by atoms with Gasteiger partial charge in [0.25, 0.3) is 0 Å². The summed E-state index contributed by atoms with van der Waals surface area (Å²) in [5.74, 6) is -4.36. The molecule has 4 rings (SSSR count).